The van der Waals surface area contributed by atoms with Crippen LogP contribution in [-0.2, 0) is 4.79 Å². The minimum atomic E-state index is 0.177. The second-order valence-corrected chi connectivity index (χ2v) is 4.49. The van der Waals surface area contributed by atoms with Gasteiger partial charge < -0.3 is 4.74 Å². The number of carbonyl (C=O) groups is 1. The standard InChI is InChI=1S/C13H14O2/c1-15-9-3-5-10-11-4-2-8(6-13(11)14)12(10)7-9/h3,5,7-8,11H,2,4,6H2,1H3/t8-,11-/m1/s1. The maximum atomic E-state index is 11.7. The van der Waals surface area contributed by atoms with Crippen LogP contribution >= 0.6 is 0 Å². The van der Waals surface area contributed by atoms with Crippen molar-refractivity contribution in [3.63, 3.8) is 0 Å². The van der Waals surface area contributed by atoms with Crippen molar-refractivity contribution in [2.24, 2.45) is 0 Å². The number of Topliss-reactive ketones (excluding diaryl/α,β-unsaturated/α-hetero) is 1. The van der Waals surface area contributed by atoms with Gasteiger partial charge in [0.15, 0.2) is 0 Å². The van der Waals surface area contributed by atoms with E-state index in [1.807, 2.05) is 6.07 Å². The lowest BCUT2D eigenvalue weighted by atomic mass is 9.66. The molecule has 0 unspecified atom stereocenters. The van der Waals surface area contributed by atoms with Gasteiger partial charge in [-0.2, -0.15) is 0 Å². The van der Waals surface area contributed by atoms with Crippen LogP contribution in [0.3, 0.4) is 0 Å². The molecule has 15 heavy (non-hydrogen) atoms. The molecule has 2 heteroatoms. The van der Waals surface area contributed by atoms with E-state index >= 15 is 0 Å². The van der Waals surface area contributed by atoms with Gasteiger partial charge >= 0.3 is 0 Å². The van der Waals surface area contributed by atoms with Crippen molar-refractivity contribution in [3.05, 3.63) is 29.3 Å². The van der Waals surface area contributed by atoms with Crippen LogP contribution in [0.5, 0.6) is 5.75 Å². The summed E-state index contributed by atoms with van der Waals surface area (Å²) in [5, 5.41) is 0. The molecule has 2 nitrogen and oxygen atoms in total. The fraction of sp³-hybridized carbons (Fsp3) is 0.462. The maximum Gasteiger partial charge on any atom is 0.140 e. The van der Waals surface area contributed by atoms with E-state index in [1.54, 1.807) is 7.11 Å². The molecule has 0 radical (unpaired) electrons. The van der Waals surface area contributed by atoms with Crippen LogP contribution in [0.2, 0.25) is 0 Å². The zero-order valence-corrected chi connectivity index (χ0v) is 8.82. The van der Waals surface area contributed by atoms with Gasteiger partial charge in [0, 0.05) is 12.3 Å². The SMILES string of the molecule is COc1ccc2c(c1)[C@@H]1CC[C@H]2C(=O)C1. The van der Waals surface area contributed by atoms with Crippen LogP contribution < -0.4 is 4.74 Å². The normalized spacial score (nSPS) is 27.7. The Balaban J connectivity index is 2.13. The predicted octanol–water partition coefficient (Wildman–Crippen LogP) is 2.63. The molecule has 0 N–H and O–H groups in total. The third-order valence-corrected chi connectivity index (χ3v) is 3.75. The molecule has 4 rings (SSSR count). The van der Waals surface area contributed by atoms with Gasteiger partial charge in [0.25, 0.3) is 0 Å². The summed E-state index contributed by atoms with van der Waals surface area (Å²) in [5.41, 5.74) is 2.61. The zero-order chi connectivity index (χ0) is 10.4. The fourth-order valence-electron chi connectivity index (χ4n) is 2.96. The average Bonchev–Trinajstić information content (AvgIpc) is 2.29. The lowest BCUT2D eigenvalue weighted by Gasteiger charge is -2.37. The van der Waals surface area contributed by atoms with Crippen molar-refractivity contribution < 1.29 is 9.53 Å². The molecule has 0 spiro atoms. The van der Waals surface area contributed by atoms with Crippen molar-refractivity contribution >= 4 is 5.78 Å². The van der Waals surface area contributed by atoms with Crippen LogP contribution in [0.4, 0.5) is 0 Å². The van der Waals surface area contributed by atoms with Gasteiger partial charge in [-0.1, -0.05) is 6.07 Å². The third-order valence-electron chi connectivity index (χ3n) is 3.75. The molecule has 3 aliphatic rings. The van der Waals surface area contributed by atoms with E-state index in [-0.39, 0.29) is 5.92 Å². The van der Waals surface area contributed by atoms with Gasteiger partial charge in [0.05, 0.1) is 7.11 Å². The first kappa shape index (κ1) is 8.96. The monoisotopic (exact) mass is 202 g/mol. The van der Waals surface area contributed by atoms with E-state index in [4.69, 9.17) is 4.74 Å². The largest absolute Gasteiger partial charge is 0.497 e. The van der Waals surface area contributed by atoms with Crippen molar-refractivity contribution in [3.8, 4) is 5.75 Å². The molecule has 0 aromatic heterocycles. The van der Waals surface area contributed by atoms with Crippen LogP contribution in [0.15, 0.2) is 18.2 Å². The Morgan fingerprint density at radius 1 is 1.27 bits per heavy atom. The van der Waals surface area contributed by atoms with Crippen LogP contribution in [0, 0.1) is 0 Å². The van der Waals surface area contributed by atoms with E-state index < -0.39 is 0 Å². The van der Waals surface area contributed by atoms with Gasteiger partial charge in [-0.3, -0.25) is 4.79 Å². The number of ether oxygens (including phenoxy) is 1. The molecule has 1 aromatic carbocycles. The Morgan fingerprint density at radius 2 is 2.13 bits per heavy atom. The lowest BCUT2D eigenvalue weighted by molar-refractivity contribution is -0.123. The van der Waals surface area contributed by atoms with Gasteiger partial charge in [-0.05, 0) is 42.0 Å². The number of fused-ring (bicyclic) bond motifs is 2. The highest BCUT2D eigenvalue weighted by atomic mass is 16.5. The molecule has 2 bridgehead atoms. The minimum Gasteiger partial charge on any atom is -0.497 e. The fourth-order valence-corrected chi connectivity index (χ4v) is 2.96. The molecule has 2 atom stereocenters. The molecule has 0 saturated heterocycles. The third kappa shape index (κ3) is 1.21. The van der Waals surface area contributed by atoms with Crippen molar-refractivity contribution in [1.82, 2.24) is 0 Å². The molecule has 1 aromatic rings. The van der Waals surface area contributed by atoms with E-state index in [1.165, 1.54) is 11.1 Å². The Morgan fingerprint density at radius 3 is 2.87 bits per heavy atom. The highest BCUT2D eigenvalue weighted by Gasteiger charge is 2.38. The lowest BCUT2D eigenvalue weighted by Crippen LogP contribution is -2.29. The number of methoxy groups -OCH3 is 1. The molecule has 1 fully saturated rings. The highest BCUT2D eigenvalue weighted by Crippen LogP contribution is 2.48. The van der Waals surface area contributed by atoms with Crippen molar-refractivity contribution in [2.75, 3.05) is 7.11 Å². The van der Waals surface area contributed by atoms with E-state index in [2.05, 4.69) is 12.1 Å². The van der Waals surface area contributed by atoms with Gasteiger partial charge in [0.2, 0.25) is 0 Å². The Labute approximate surface area is 89.2 Å². The van der Waals surface area contributed by atoms with E-state index in [0.717, 1.165) is 25.0 Å². The summed E-state index contributed by atoms with van der Waals surface area (Å²) >= 11 is 0. The molecular weight excluding hydrogens is 188 g/mol. The van der Waals surface area contributed by atoms with Gasteiger partial charge in [-0.15, -0.1) is 0 Å². The maximum absolute atomic E-state index is 11.7. The number of hydrogen-bond donors (Lipinski definition) is 0. The first-order valence-corrected chi connectivity index (χ1v) is 5.50. The molecule has 0 amide bonds. The molecule has 3 aliphatic carbocycles. The zero-order valence-electron chi connectivity index (χ0n) is 8.82. The Kier molecular flexibility index (Phi) is 1.84. The second kappa shape index (κ2) is 3.09. The van der Waals surface area contributed by atoms with Crippen molar-refractivity contribution in [1.29, 1.82) is 0 Å². The summed E-state index contributed by atoms with van der Waals surface area (Å²) < 4.78 is 5.23. The number of ketones is 1. The van der Waals surface area contributed by atoms with E-state index in [9.17, 15) is 4.79 Å². The van der Waals surface area contributed by atoms with Gasteiger partial charge in [0.1, 0.15) is 11.5 Å². The summed E-state index contributed by atoms with van der Waals surface area (Å²) in [5.74, 6) is 1.97. The summed E-state index contributed by atoms with van der Waals surface area (Å²) in [4.78, 5) is 11.7. The summed E-state index contributed by atoms with van der Waals surface area (Å²) in [6, 6.07) is 6.15. The number of hydrogen-bond acceptors (Lipinski definition) is 2. The second-order valence-electron chi connectivity index (χ2n) is 4.49. The predicted molar refractivity (Wildman–Crippen MR) is 57.3 cm³/mol. The van der Waals surface area contributed by atoms with Crippen LogP contribution in [-0.4, -0.2) is 12.9 Å². The quantitative estimate of drug-likeness (QED) is 0.699. The molecule has 0 heterocycles. The summed E-state index contributed by atoms with van der Waals surface area (Å²) in [7, 11) is 1.69. The molecule has 78 valence electrons. The van der Waals surface area contributed by atoms with Crippen molar-refractivity contribution in [2.45, 2.75) is 31.1 Å². The first-order chi connectivity index (χ1) is 7.29. The topological polar surface area (TPSA) is 26.3 Å². The minimum absolute atomic E-state index is 0.177. The number of rotatable bonds is 1. The Hall–Kier alpha value is -1.31. The summed E-state index contributed by atoms with van der Waals surface area (Å²) in [6.45, 7) is 0. The van der Waals surface area contributed by atoms with Gasteiger partial charge in [-0.25, -0.2) is 0 Å². The first-order valence-electron chi connectivity index (χ1n) is 5.50. The van der Waals surface area contributed by atoms with Crippen LogP contribution in [0.25, 0.3) is 0 Å². The average molecular weight is 202 g/mol. The highest BCUT2D eigenvalue weighted by molar-refractivity contribution is 5.90. The molecule has 0 aliphatic heterocycles. The smallest absolute Gasteiger partial charge is 0.140 e. The Bertz CT molecular complexity index is 423. The molecule has 1 saturated carbocycles. The van der Waals surface area contributed by atoms with Crippen LogP contribution in [0.1, 0.15) is 42.2 Å². The molecular formula is C13H14O2. The van der Waals surface area contributed by atoms with E-state index in [0.29, 0.717) is 11.7 Å². The number of benzene rings is 1. The summed E-state index contributed by atoms with van der Waals surface area (Å²) in [6.07, 6.45) is 2.95. The number of carbonyl (C=O) groups excluding carboxylic acids is 1.